The van der Waals surface area contributed by atoms with E-state index in [-0.39, 0.29) is 0 Å². The van der Waals surface area contributed by atoms with Crippen LogP contribution in [0.5, 0.6) is 0 Å². The second-order valence-corrected chi connectivity index (χ2v) is 4.44. The van der Waals surface area contributed by atoms with Crippen molar-refractivity contribution in [3.63, 3.8) is 0 Å². The molecule has 0 saturated carbocycles. The van der Waals surface area contributed by atoms with E-state index in [1.54, 1.807) is 6.26 Å². The van der Waals surface area contributed by atoms with Crippen LogP contribution in [0.25, 0.3) is 11.6 Å². The van der Waals surface area contributed by atoms with Crippen molar-refractivity contribution >= 4 is 0 Å². The molecule has 3 rings (SSSR count). The summed E-state index contributed by atoms with van der Waals surface area (Å²) in [5, 5.41) is 11.9. The summed E-state index contributed by atoms with van der Waals surface area (Å²) in [6.07, 6.45) is 3.92. The summed E-state index contributed by atoms with van der Waals surface area (Å²) in [5.74, 6) is 3.17. The quantitative estimate of drug-likeness (QED) is 0.853. The van der Waals surface area contributed by atoms with Crippen LogP contribution in [0.4, 0.5) is 0 Å². The van der Waals surface area contributed by atoms with Crippen molar-refractivity contribution < 1.29 is 4.42 Å². The molecular formula is C12H16N4O. The summed E-state index contributed by atoms with van der Waals surface area (Å²) in [4.78, 5) is 0. The average Bonchev–Trinajstić information content (AvgIpc) is 2.99. The molecule has 1 fully saturated rings. The molecule has 5 heteroatoms. The number of furan rings is 1. The lowest BCUT2D eigenvalue weighted by Gasteiger charge is -2.21. The fourth-order valence-electron chi connectivity index (χ4n) is 2.40. The maximum atomic E-state index is 5.37. The Kier molecular flexibility index (Phi) is 2.68. The fraction of sp³-hybridized carbons (Fsp3) is 0.500. The second-order valence-electron chi connectivity index (χ2n) is 4.44. The molecule has 1 aliphatic heterocycles. The number of rotatable bonds is 2. The van der Waals surface area contributed by atoms with Crippen LogP contribution in [0.2, 0.25) is 0 Å². The molecule has 2 aromatic rings. The van der Waals surface area contributed by atoms with Crippen LogP contribution in [-0.4, -0.2) is 27.9 Å². The molecule has 90 valence electrons. The molecule has 1 saturated heterocycles. The lowest BCUT2D eigenvalue weighted by Crippen LogP contribution is -2.27. The van der Waals surface area contributed by atoms with Crippen molar-refractivity contribution in [1.29, 1.82) is 0 Å². The zero-order chi connectivity index (χ0) is 11.7. The van der Waals surface area contributed by atoms with Gasteiger partial charge in [-0.15, -0.1) is 10.2 Å². The number of piperidine rings is 1. The van der Waals surface area contributed by atoms with E-state index in [4.69, 9.17) is 4.42 Å². The molecule has 1 N–H and O–H groups in total. The molecule has 0 aromatic carbocycles. The van der Waals surface area contributed by atoms with Gasteiger partial charge in [0.15, 0.2) is 11.6 Å². The van der Waals surface area contributed by atoms with Crippen molar-refractivity contribution in [2.75, 3.05) is 13.1 Å². The highest BCUT2D eigenvalue weighted by atomic mass is 16.3. The largest absolute Gasteiger partial charge is 0.461 e. The highest BCUT2D eigenvalue weighted by Gasteiger charge is 2.22. The first-order valence-electron chi connectivity index (χ1n) is 6.00. The number of nitrogens with zero attached hydrogens (tertiary/aromatic N) is 3. The van der Waals surface area contributed by atoms with Gasteiger partial charge in [0.05, 0.1) is 6.26 Å². The number of hydrogen-bond donors (Lipinski definition) is 1. The summed E-state index contributed by atoms with van der Waals surface area (Å²) in [7, 11) is 2.01. The Morgan fingerprint density at radius 3 is 2.88 bits per heavy atom. The Morgan fingerprint density at radius 1 is 1.35 bits per heavy atom. The third kappa shape index (κ3) is 1.86. The lowest BCUT2D eigenvalue weighted by molar-refractivity contribution is 0.436. The maximum Gasteiger partial charge on any atom is 0.199 e. The highest BCUT2D eigenvalue weighted by molar-refractivity contribution is 5.46. The van der Waals surface area contributed by atoms with Gasteiger partial charge in [0, 0.05) is 13.0 Å². The Morgan fingerprint density at radius 2 is 2.18 bits per heavy atom. The monoisotopic (exact) mass is 232 g/mol. The predicted molar refractivity (Wildman–Crippen MR) is 63.5 cm³/mol. The first-order valence-corrected chi connectivity index (χ1v) is 6.00. The van der Waals surface area contributed by atoms with E-state index in [1.165, 1.54) is 0 Å². The Hall–Kier alpha value is -1.62. The van der Waals surface area contributed by atoms with E-state index in [9.17, 15) is 0 Å². The molecule has 1 aliphatic rings. The van der Waals surface area contributed by atoms with E-state index in [2.05, 4.69) is 20.1 Å². The Labute approximate surface area is 99.8 Å². The van der Waals surface area contributed by atoms with Gasteiger partial charge >= 0.3 is 0 Å². The standard InChI is InChI=1S/C12H16N4O/c1-16-11(9-4-6-13-7-5-9)14-15-12(16)10-3-2-8-17-10/h2-3,8-9,13H,4-7H2,1H3. The van der Waals surface area contributed by atoms with Gasteiger partial charge in [-0.3, -0.25) is 0 Å². The van der Waals surface area contributed by atoms with E-state index in [0.29, 0.717) is 5.92 Å². The molecule has 5 nitrogen and oxygen atoms in total. The van der Waals surface area contributed by atoms with E-state index < -0.39 is 0 Å². The van der Waals surface area contributed by atoms with Crippen molar-refractivity contribution in [1.82, 2.24) is 20.1 Å². The Balaban J connectivity index is 1.92. The maximum absolute atomic E-state index is 5.37. The van der Waals surface area contributed by atoms with Crippen molar-refractivity contribution in [3.05, 3.63) is 24.2 Å². The number of nitrogens with one attached hydrogen (secondary N) is 1. The van der Waals surface area contributed by atoms with E-state index >= 15 is 0 Å². The summed E-state index contributed by atoms with van der Waals surface area (Å²) in [6, 6.07) is 3.78. The van der Waals surface area contributed by atoms with Crippen molar-refractivity contribution in [2.45, 2.75) is 18.8 Å². The normalized spacial score (nSPS) is 17.5. The first-order chi connectivity index (χ1) is 8.36. The van der Waals surface area contributed by atoms with Crippen molar-refractivity contribution in [2.24, 2.45) is 7.05 Å². The molecule has 0 bridgehead atoms. The fourth-order valence-corrected chi connectivity index (χ4v) is 2.40. The minimum absolute atomic E-state index is 0.512. The van der Waals surface area contributed by atoms with Gasteiger partial charge in [-0.05, 0) is 38.1 Å². The topological polar surface area (TPSA) is 55.9 Å². The lowest BCUT2D eigenvalue weighted by atomic mass is 9.97. The summed E-state index contributed by atoms with van der Waals surface area (Å²) in [5.41, 5.74) is 0. The van der Waals surface area contributed by atoms with Crippen LogP contribution in [-0.2, 0) is 7.05 Å². The molecule has 17 heavy (non-hydrogen) atoms. The van der Waals surface area contributed by atoms with Gasteiger partial charge in [0.1, 0.15) is 5.82 Å². The third-order valence-corrected chi connectivity index (χ3v) is 3.35. The van der Waals surface area contributed by atoms with Crippen LogP contribution in [0, 0.1) is 0 Å². The smallest absolute Gasteiger partial charge is 0.199 e. The molecule has 3 heterocycles. The summed E-state index contributed by atoms with van der Waals surface area (Å²) >= 11 is 0. The molecule has 0 radical (unpaired) electrons. The summed E-state index contributed by atoms with van der Waals surface area (Å²) in [6.45, 7) is 2.13. The van der Waals surface area contributed by atoms with Crippen molar-refractivity contribution in [3.8, 4) is 11.6 Å². The van der Waals surface area contributed by atoms with E-state index in [1.807, 2.05) is 19.2 Å². The van der Waals surface area contributed by atoms with E-state index in [0.717, 1.165) is 43.3 Å². The Bertz CT molecular complexity index is 483. The molecule has 0 aliphatic carbocycles. The molecular weight excluding hydrogens is 216 g/mol. The van der Waals surface area contributed by atoms with Gasteiger partial charge in [-0.1, -0.05) is 0 Å². The zero-order valence-electron chi connectivity index (χ0n) is 9.89. The third-order valence-electron chi connectivity index (χ3n) is 3.35. The molecule has 0 unspecified atom stereocenters. The molecule has 2 aromatic heterocycles. The van der Waals surface area contributed by atoms with Gasteiger partial charge < -0.3 is 14.3 Å². The van der Waals surface area contributed by atoms with Gasteiger partial charge in [-0.25, -0.2) is 0 Å². The van der Waals surface area contributed by atoms with Crippen LogP contribution in [0.15, 0.2) is 22.8 Å². The zero-order valence-corrected chi connectivity index (χ0v) is 9.89. The van der Waals surface area contributed by atoms with Gasteiger partial charge in [0.25, 0.3) is 0 Å². The minimum Gasteiger partial charge on any atom is -0.461 e. The molecule has 0 amide bonds. The van der Waals surface area contributed by atoms with Crippen LogP contribution in [0.3, 0.4) is 0 Å². The highest BCUT2D eigenvalue weighted by Crippen LogP contribution is 2.26. The van der Waals surface area contributed by atoms with Crippen LogP contribution >= 0.6 is 0 Å². The van der Waals surface area contributed by atoms with Crippen LogP contribution in [0.1, 0.15) is 24.6 Å². The number of hydrogen-bond acceptors (Lipinski definition) is 4. The molecule has 0 spiro atoms. The average molecular weight is 232 g/mol. The second kappa shape index (κ2) is 4.33. The van der Waals surface area contributed by atoms with Gasteiger partial charge in [0.2, 0.25) is 0 Å². The van der Waals surface area contributed by atoms with Crippen LogP contribution < -0.4 is 5.32 Å². The first kappa shape index (κ1) is 10.5. The number of aromatic nitrogens is 3. The van der Waals surface area contributed by atoms with Gasteiger partial charge in [-0.2, -0.15) is 0 Å². The predicted octanol–water partition coefficient (Wildman–Crippen LogP) is 1.54. The SMILES string of the molecule is Cn1c(-c2ccco2)nnc1C1CCNCC1. The minimum atomic E-state index is 0.512. The molecule has 0 atom stereocenters. The summed E-state index contributed by atoms with van der Waals surface area (Å²) < 4.78 is 7.42.